The van der Waals surface area contributed by atoms with Crippen molar-refractivity contribution in [2.45, 2.75) is 12.6 Å². The Morgan fingerprint density at radius 2 is 2.50 bits per heavy atom. The lowest BCUT2D eigenvalue weighted by molar-refractivity contribution is -0.380. The number of likely N-dealkylation sites (N-methyl/N-ethyl adjacent to an activating group) is 1. The van der Waals surface area contributed by atoms with E-state index in [0.717, 1.165) is 37.7 Å². The predicted octanol–water partition coefficient (Wildman–Crippen LogP) is 1.08. The zero-order chi connectivity index (χ0) is 13.0. The van der Waals surface area contributed by atoms with Crippen molar-refractivity contribution in [3.8, 4) is 0 Å². The van der Waals surface area contributed by atoms with Gasteiger partial charge in [-0.2, -0.15) is 0 Å². The summed E-state index contributed by atoms with van der Waals surface area (Å²) in [5, 5.41) is 14.1. The van der Waals surface area contributed by atoms with Crippen molar-refractivity contribution < 1.29 is 9.66 Å². The Hall–Kier alpha value is -1.02. The Balaban J connectivity index is 1.82. The Bertz CT molecular complexity index is 404. The monoisotopic (exact) mass is 271 g/mol. The first-order chi connectivity index (χ1) is 8.65. The van der Waals surface area contributed by atoms with Gasteiger partial charge in [-0.1, -0.05) is 11.3 Å². The number of nitrogens with one attached hydrogen (secondary N) is 1. The van der Waals surface area contributed by atoms with E-state index in [1.165, 1.54) is 11.3 Å². The molecule has 0 spiro atoms. The van der Waals surface area contributed by atoms with Gasteiger partial charge in [-0.3, -0.25) is 15.0 Å². The molecule has 1 atom stereocenters. The van der Waals surface area contributed by atoms with E-state index >= 15 is 0 Å². The number of nitrogens with zero attached hydrogens (tertiary/aromatic N) is 2. The fraction of sp³-hybridized carbons (Fsp3) is 0.636. The molecule has 1 fully saturated rings. The highest BCUT2D eigenvalue weighted by Crippen LogP contribution is 2.24. The number of hydrogen-bond acceptors (Lipinski definition) is 6. The second kappa shape index (κ2) is 6.24. The van der Waals surface area contributed by atoms with Gasteiger partial charge < -0.3 is 10.1 Å². The summed E-state index contributed by atoms with van der Waals surface area (Å²) in [5.41, 5.74) is 0. The third kappa shape index (κ3) is 3.74. The summed E-state index contributed by atoms with van der Waals surface area (Å²) in [4.78, 5) is 13.4. The average molecular weight is 271 g/mol. The first kappa shape index (κ1) is 13.4. The molecule has 1 unspecified atom stereocenters. The summed E-state index contributed by atoms with van der Waals surface area (Å²) in [5.74, 6) is 0. The van der Waals surface area contributed by atoms with Crippen LogP contribution in [0.3, 0.4) is 0 Å². The normalized spacial score (nSPS) is 20.2. The van der Waals surface area contributed by atoms with Gasteiger partial charge in [0.1, 0.15) is 0 Å². The number of morpholine rings is 1. The zero-order valence-electron chi connectivity index (χ0n) is 10.3. The number of ether oxygens (including phenoxy) is 1. The van der Waals surface area contributed by atoms with Gasteiger partial charge >= 0.3 is 5.00 Å². The summed E-state index contributed by atoms with van der Waals surface area (Å²) >= 11 is 1.23. The van der Waals surface area contributed by atoms with Crippen LogP contribution in [0.15, 0.2) is 12.1 Å². The maximum atomic E-state index is 10.6. The molecule has 0 bridgehead atoms. The summed E-state index contributed by atoms with van der Waals surface area (Å²) in [6, 6.07) is 3.38. The largest absolute Gasteiger partial charge is 0.374 e. The van der Waals surface area contributed by atoms with E-state index in [-0.39, 0.29) is 16.0 Å². The molecule has 1 aliphatic heterocycles. The van der Waals surface area contributed by atoms with E-state index in [0.29, 0.717) is 0 Å². The standard InChI is InChI=1S/C11H17N3O3S/c1-13(7-9-6-12-4-5-17-9)8-10-2-3-11(18-10)14(15)16/h2-3,9,12H,4-8H2,1H3. The Kier molecular flexibility index (Phi) is 4.65. The highest BCUT2D eigenvalue weighted by molar-refractivity contribution is 7.15. The van der Waals surface area contributed by atoms with Gasteiger partial charge in [0.05, 0.1) is 17.6 Å². The van der Waals surface area contributed by atoms with E-state index in [1.807, 2.05) is 13.1 Å². The molecule has 6 nitrogen and oxygen atoms in total. The van der Waals surface area contributed by atoms with Gasteiger partial charge in [-0.05, 0) is 13.1 Å². The Labute approximate surface area is 110 Å². The smallest absolute Gasteiger partial charge is 0.324 e. The zero-order valence-corrected chi connectivity index (χ0v) is 11.1. The SMILES string of the molecule is CN(Cc1ccc([N+](=O)[O-])s1)CC1CNCCO1. The topological polar surface area (TPSA) is 67.6 Å². The molecule has 2 rings (SSSR count). The molecule has 0 saturated carbocycles. The Morgan fingerprint density at radius 1 is 1.67 bits per heavy atom. The minimum absolute atomic E-state index is 0.203. The highest BCUT2D eigenvalue weighted by Gasteiger charge is 2.17. The van der Waals surface area contributed by atoms with Crippen LogP contribution >= 0.6 is 11.3 Å². The molecule has 1 aromatic heterocycles. The maximum absolute atomic E-state index is 10.6. The minimum Gasteiger partial charge on any atom is -0.374 e. The summed E-state index contributed by atoms with van der Waals surface area (Å²) in [6.45, 7) is 4.09. The summed E-state index contributed by atoms with van der Waals surface area (Å²) < 4.78 is 5.62. The number of nitro groups is 1. The summed E-state index contributed by atoms with van der Waals surface area (Å²) in [6.07, 6.45) is 0.207. The molecule has 0 aliphatic carbocycles. The fourth-order valence-corrected chi connectivity index (χ4v) is 2.87. The van der Waals surface area contributed by atoms with Gasteiger partial charge in [-0.25, -0.2) is 0 Å². The van der Waals surface area contributed by atoms with Crippen molar-refractivity contribution in [3.63, 3.8) is 0 Å². The molecule has 1 saturated heterocycles. The van der Waals surface area contributed by atoms with E-state index < -0.39 is 0 Å². The quantitative estimate of drug-likeness (QED) is 0.641. The van der Waals surface area contributed by atoms with Gasteiger partial charge in [0.2, 0.25) is 0 Å². The van der Waals surface area contributed by atoms with Crippen LogP contribution in [0.1, 0.15) is 4.88 Å². The van der Waals surface area contributed by atoms with Crippen LogP contribution in [0.2, 0.25) is 0 Å². The first-order valence-electron chi connectivity index (χ1n) is 5.89. The second-order valence-corrected chi connectivity index (χ2v) is 5.54. The van der Waals surface area contributed by atoms with Crippen LogP contribution in [0.4, 0.5) is 5.00 Å². The van der Waals surface area contributed by atoms with Crippen LogP contribution < -0.4 is 5.32 Å². The molecule has 1 aromatic rings. The third-order valence-corrected chi connectivity index (χ3v) is 3.79. The highest BCUT2D eigenvalue weighted by atomic mass is 32.1. The maximum Gasteiger partial charge on any atom is 0.324 e. The van der Waals surface area contributed by atoms with E-state index in [9.17, 15) is 10.1 Å². The van der Waals surface area contributed by atoms with Crippen LogP contribution in [0, 0.1) is 10.1 Å². The number of rotatable bonds is 5. The van der Waals surface area contributed by atoms with Crippen LogP contribution in [0.25, 0.3) is 0 Å². The Morgan fingerprint density at radius 3 is 3.11 bits per heavy atom. The summed E-state index contributed by atoms with van der Waals surface area (Å²) in [7, 11) is 2.00. The number of hydrogen-bond donors (Lipinski definition) is 1. The lowest BCUT2D eigenvalue weighted by Crippen LogP contribution is -2.44. The van der Waals surface area contributed by atoms with Crippen LogP contribution in [-0.4, -0.2) is 49.2 Å². The van der Waals surface area contributed by atoms with E-state index in [1.54, 1.807) is 6.07 Å². The van der Waals surface area contributed by atoms with Crippen molar-refractivity contribution >= 4 is 16.3 Å². The van der Waals surface area contributed by atoms with E-state index in [4.69, 9.17) is 4.74 Å². The average Bonchev–Trinajstić information content (AvgIpc) is 2.78. The second-order valence-electron chi connectivity index (χ2n) is 4.39. The van der Waals surface area contributed by atoms with Crippen molar-refractivity contribution in [2.24, 2.45) is 0 Å². The van der Waals surface area contributed by atoms with Crippen molar-refractivity contribution in [3.05, 3.63) is 27.1 Å². The molecule has 1 N–H and O–H groups in total. The molecule has 0 amide bonds. The molecule has 7 heteroatoms. The minimum atomic E-state index is -0.345. The molecular weight excluding hydrogens is 254 g/mol. The van der Waals surface area contributed by atoms with E-state index in [2.05, 4.69) is 10.2 Å². The van der Waals surface area contributed by atoms with Crippen molar-refractivity contribution in [1.82, 2.24) is 10.2 Å². The van der Waals surface area contributed by atoms with Crippen LogP contribution in [0.5, 0.6) is 0 Å². The molecular formula is C11H17N3O3S. The first-order valence-corrected chi connectivity index (χ1v) is 6.71. The lowest BCUT2D eigenvalue weighted by atomic mass is 10.3. The molecule has 2 heterocycles. The van der Waals surface area contributed by atoms with Crippen LogP contribution in [-0.2, 0) is 11.3 Å². The fourth-order valence-electron chi connectivity index (χ4n) is 1.96. The molecule has 0 aromatic carbocycles. The molecule has 100 valence electrons. The molecule has 0 radical (unpaired) electrons. The van der Waals surface area contributed by atoms with Gasteiger partial charge in [0.15, 0.2) is 0 Å². The lowest BCUT2D eigenvalue weighted by Gasteiger charge is -2.27. The third-order valence-electron chi connectivity index (χ3n) is 2.77. The molecule has 1 aliphatic rings. The van der Waals surface area contributed by atoms with Gasteiger partial charge in [0, 0.05) is 37.1 Å². The number of thiophene rings is 1. The van der Waals surface area contributed by atoms with Gasteiger partial charge in [-0.15, -0.1) is 0 Å². The molecule has 18 heavy (non-hydrogen) atoms. The predicted molar refractivity (Wildman–Crippen MR) is 69.9 cm³/mol. The van der Waals surface area contributed by atoms with Crippen molar-refractivity contribution in [2.75, 3.05) is 33.3 Å². The van der Waals surface area contributed by atoms with Gasteiger partial charge in [0.25, 0.3) is 0 Å². The van der Waals surface area contributed by atoms with Crippen molar-refractivity contribution in [1.29, 1.82) is 0 Å².